The van der Waals surface area contributed by atoms with Gasteiger partial charge >= 0.3 is 0 Å². The number of halogens is 2. The van der Waals surface area contributed by atoms with Gasteiger partial charge in [0, 0.05) is 30.1 Å². The van der Waals surface area contributed by atoms with Crippen LogP contribution in [-0.4, -0.2) is 22.5 Å². The number of hydrogen-bond acceptors (Lipinski definition) is 5. The number of hydrogen-bond donors (Lipinski definition) is 0. The van der Waals surface area contributed by atoms with Crippen molar-refractivity contribution in [1.29, 1.82) is 5.26 Å². The Kier molecular flexibility index (Phi) is 6.12. The highest BCUT2D eigenvalue weighted by Gasteiger charge is 2.12. The van der Waals surface area contributed by atoms with E-state index in [0.717, 1.165) is 17.0 Å². The zero-order valence-corrected chi connectivity index (χ0v) is 16.0. The fourth-order valence-electron chi connectivity index (χ4n) is 2.39. The summed E-state index contributed by atoms with van der Waals surface area (Å²) in [7, 11) is 0. The topological polar surface area (TPSA) is 68.0 Å². The molecule has 7 heteroatoms. The van der Waals surface area contributed by atoms with Crippen molar-refractivity contribution < 1.29 is 9.47 Å². The van der Waals surface area contributed by atoms with Crippen molar-refractivity contribution in [2.75, 3.05) is 12.5 Å². The summed E-state index contributed by atoms with van der Waals surface area (Å²) in [6, 6.07) is 12.7. The third kappa shape index (κ3) is 4.68. The van der Waals surface area contributed by atoms with Crippen LogP contribution in [0.2, 0.25) is 5.02 Å². The van der Waals surface area contributed by atoms with Gasteiger partial charge in [-0.15, -0.1) is 11.6 Å². The molecule has 0 spiro atoms. The molecule has 0 radical (unpaired) electrons. The van der Waals surface area contributed by atoms with E-state index in [1.54, 1.807) is 24.5 Å². The number of aryl methyl sites for hydroxylation is 1. The molecule has 3 rings (SSSR count). The molecular weight excluding hydrogens is 385 g/mol. The van der Waals surface area contributed by atoms with Crippen LogP contribution >= 0.6 is 23.2 Å². The molecule has 27 heavy (non-hydrogen) atoms. The Morgan fingerprint density at radius 1 is 1.04 bits per heavy atom. The van der Waals surface area contributed by atoms with Gasteiger partial charge < -0.3 is 9.47 Å². The molecule has 136 valence electrons. The second-order valence-corrected chi connectivity index (χ2v) is 6.36. The van der Waals surface area contributed by atoms with Crippen LogP contribution in [0.25, 0.3) is 11.1 Å². The van der Waals surface area contributed by atoms with Crippen LogP contribution in [0.5, 0.6) is 17.2 Å². The van der Waals surface area contributed by atoms with Crippen LogP contribution < -0.4 is 9.47 Å². The lowest BCUT2D eigenvalue weighted by Crippen LogP contribution is -2.01. The zero-order chi connectivity index (χ0) is 19.2. The largest absolute Gasteiger partial charge is 0.489 e. The Hall–Kier alpha value is -2.81. The molecule has 1 heterocycles. The molecule has 0 aliphatic rings. The van der Waals surface area contributed by atoms with Gasteiger partial charge in [-0.05, 0) is 24.6 Å². The summed E-state index contributed by atoms with van der Waals surface area (Å²) in [6.07, 6.45) is 3.55. The maximum absolute atomic E-state index is 9.33. The Labute approximate surface area is 167 Å². The maximum atomic E-state index is 9.33. The first-order valence-electron chi connectivity index (χ1n) is 8.10. The maximum Gasteiger partial charge on any atom is 0.155 e. The number of ether oxygens (including phenoxy) is 2. The number of nitriles is 1. The van der Waals surface area contributed by atoms with Crippen LogP contribution in [0, 0.1) is 18.3 Å². The second-order valence-electron chi connectivity index (χ2n) is 5.58. The van der Waals surface area contributed by atoms with Crippen molar-refractivity contribution in [2.24, 2.45) is 0 Å². The van der Waals surface area contributed by atoms with E-state index in [2.05, 4.69) is 16.0 Å². The van der Waals surface area contributed by atoms with Gasteiger partial charge in [0.15, 0.2) is 5.75 Å². The number of rotatable bonds is 6. The fourth-order valence-corrected chi connectivity index (χ4v) is 2.73. The minimum Gasteiger partial charge on any atom is -0.489 e. The Morgan fingerprint density at radius 3 is 2.37 bits per heavy atom. The summed E-state index contributed by atoms with van der Waals surface area (Å²) in [5.41, 5.74) is 2.18. The summed E-state index contributed by atoms with van der Waals surface area (Å²) in [5, 5.41) is 9.62. The van der Waals surface area contributed by atoms with Crippen molar-refractivity contribution >= 4 is 23.2 Å². The van der Waals surface area contributed by atoms with Gasteiger partial charge in [-0.1, -0.05) is 23.7 Å². The van der Waals surface area contributed by atoms with E-state index in [9.17, 15) is 5.26 Å². The van der Waals surface area contributed by atoms with Gasteiger partial charge in [0.05, 0.1) is 16.5 Å². The molecule has 0 fully saturated rings. The number of alkyl halides is 1. The van der Waals surface area contributed by atoms with Crippen molar-refractivity contribution in [2.45, 2.75) is 6.92 Å². The molecule has 3 aromatic rings. The Bertz CT molecular complexity index is 968. The van der Waals surface area contributed by atoms with E-state index in [-0.39, 0.29) is 12.2 Å². The molecule has 0 saturated heterocycles. The van der Waals surface area contributed by atoms with E-state index >= 15 is 0 Å². The standard InChI is InChI=1S/C20H15Cl2N3O2/c1-13-24-11-16(12-25-13)14-2-4-17(5-3-14)27-18-8-15(10-23)20(19(22)9-18)26-7-6-21/h2-5,8-9,11-12H,6-7H2,1H3. The predicted octanol–water partition coefficient (Wildman–Crippen LogP) is 5.39. The minimum atomic E-state index is 0.264. The fraction of sp³-hybridized carbons (Fsp3) is 0.150. The Morgan fingerprint density at radius 2 is 1.74 bits per heavy atom. The first-order valence-corrected chi connectivity index (χ1v) is 9.01. The summed E-state index contributed by atoms with van der Waals surface area (Å²) in [6.45, 7) is 2.10. The van der Waals surface area contributed by atoms with Crippen LogP contribution in [0.15, 0.2) is 48.8 Å². The molecule has 0 unspecified atom stereocenters. The molecule has 2 aromatic carbocycles. The molecule has 0 atom stereocenters. The van der Waals surface area contributed by atoms with Crippen LogP contribution in [0.1, 0.15) is 11.4 Å². The van der Waals surface area contributed by atoms with Crippen LogP contribution in [0.3, 0.4) is 0 Å². The van der Waals surface area contributed by atoms with E-state index < -0.39 is 0 Å². The first-order chi connectivity index (χ1) is 13.1. The van der Waals surface area contributed by atoms with Crippen molar-refractivity contribution in [3.63, 3.8) is 0 Å². The van der Waals surface area contributed by atoms with Gasteiger partial charge in [0.25, 0.3) is 0 Å². The molecular formula is C20H15Cl2N3O2. The monoisotopic (exact) mass is 399 g/mol. The molecule has 0 amide bonds. The van der Waals surface area contributed by atoms with E-state index in [0.29, 0.717) is 28.2 Å². The second kappa shape index (κ2) is 8.72. The van der Waals surface area contributed by atoms with Crippen molar-refractivity contribution in [1.82, 2.24) is 9.97 Å². The lowest BCUT2D eigenvalue weighted by Gasteiger charge is -2.12. The first kappa shape index (κ1) is 19.0. The molecule has 0 saturated carbocycles. The SMILES string of the molecule is Cc1ncc(-c2ccc(Oc3cc(Cl)c(OCCCl)c(C#N)c3)cc2)cn1. The van der Waals surface area contributed by atoms with Crippen molar-refractivity contribution in [3.05, 3.63) is 65.2 Å². The third-order valence-electron chi connectivity index (χ3n) is 3.67. The summed E-state index contributed by atoms with van der Waals surface area (Å²) >= 11 is 11.8. The number of benzene rings is 2. The smallest absolute Gasteiger partial charge is 0.155 e. The minimum absolute atomic E-state index is 0.264. The van der Waals surface area contributed by atoms with Crippen LogP contribution in [-0.2, 0) is 0 Å². The van der Waals surface area contributed by atoms with Gasteiger partial charge in [0.1, 0.15) is 30.0 Å². The highest BCUT2D eigenvalue weighted by atomic mass is 35.5. The zero-order valence-electron chi connectivity index (χ0n) is 14.4. The quantitative estimate of drug-likeness (QED) is 0.519. The van der Waals surface area contributed by atoms with Gasteiger partial charge in [0.2, 0.25) is 0 Å². The van der Waals surface area contributed by atoms with Crippen molar-refractivity contribution in [3.8, 4) is 34.4 Å². The lowest BCUT2D eigenvalue weighted by molar-refractivity contribution is 0.341. The number of nitrogens with zero attached hydrogens (tertiary/aromatic N) is 3. The molecule has 1 aromatic heterocycles. The van der Waals surface area contributed by atoms with E-state index in [1.165, 1.54) is 0 Å². The third-order valence-corrected chi connectivity index (χ3v) is 4.10. The molecule has 5 nitrogen and oxygen atoms in total. The lowest BCUT2D eigenvalue weighted by atomic mass is 10.1. The van der Waals surface area contributed by atoms with Gasteiger partial charge in [-0.2, -0.15) is 5.26 Å². The molecule has 0 N–H and O–H groups in total. The average molecular weight is 400 g/mol. The van der Waals surface area contributed by atoms with Crippen LogP contribution in [0.4, 0.5) is 0 Å². The summed E-state index contributed by atoms with van der Waals surface area (Å²) < 4.78 is 11.3. The molecule has 0 aliphatic carbocycles. The summed E-state index contributed by atoms with van der Waals surface area (Å²) in [5.74, 6) is 2.39. The number of aromatic nitrogens is 2. The van der Waals surface area contributed by atoms with E-state index in [4.69, 9.17) is 32.7 Å². The van der Waals surface area contributed by atoms with Gasteiger partial charge in [-0.25, -0.2) is 9.97 Å². The predicted molar refractivity (Wildman–Crippen MR) is 105 cm³/mol. The molecule has 0 aliphatic heterocycles. The van der Waals surface area contributed by atoms with Gasteiger partial charge in [-0.3, -0.25) is 0 Å². The highest BCUT2D eigenvalue weighted by molar-refractivity contribution is 6.32. The average Bonchev–Trinajstić information content (AvgIpc) is 2.68. The summed E-state index contributed by atoms with van der Waals surface area (Å²) in [4.78, 5) is 8.39. The molecule has 0 bridgehead atoms. The van der Waals surface area contributed by atoms with E-state index in [1.807, 2.05) is 31.2 Å². The normalized spacial score (nSPS) is 10.3. The Balaban J connectivity index is 1.80. The highest BCUT2D eigenvalue weighted by Crippen LogP contribution is 2.35.